The molecule has 0 spiro atoms. The van der Waals surface area contributed by atoms with Crippen molar-refractivity contribution in [2.45, 2.75) is 45.1 Å². The molecule has 1 aromatic rings. The second-order valence-corrected chi connectivity index (χ2v) is 5.96. The molecular weight excluding hydrogens is 290 g/mol. The lowest BCUT2D eigenvalue weighted by atomic mass is 10.2. The minimum atomic E-state index is 0.762. The highest BCUT2D eigenvalue weighted by Crippen LogP contribution is 2.23. The second kappa shape index (κ2) is 7.15. The van der Waals surface area contributed by atoms with Crippen LogP contribution < -0.4 is 10.1 Å². The molecule has 1 saturated carbocycles. The van der Waals surface area contributed by atoms with E-state index in [9.17, 15) is 0 Å². The van der Waals surface area contributed by atoms with E-state index in [4.69, 9.17) is 4.74 Å². The van der Waals surface area contributed by atoms with Crippen molar-refractivity contribution in [2.24, 2.45) is 0 Å². The van der Waals surface area contributed by atoms with Gasteiger partial charge in [-0.1, -0.05) is 34.8 Å². The normalized spacial score (nSPS) is 16.1. The molecule has 1 aromatic carbocycles. The zero-order valence-corrected chi connectivity index (χ0v) is 12.6. The molecule has 100 valence electrons. The maximum absolute atomic E-state index is 5.81. The number of nitrogens with one attached hydrogen (secondary N) is 1. The highest BCUT2D eigenvalue weighted by Gasteiger charge is 2.13. The van der Waals surface area contributed by atoms with Crippen molar-refractivity contribution >= 4 is 15.9 Å². The molecule has 0 aromatic heterocycles. The van der Waals surface area contributed by atoms with Crippen LogP contribution in [0, 0.1) is 6.92 Å². The lowest BCUT2D eigenvalue weighted by Crippen LogP contribution is -2.27. The van der Waals surface area contributed by atoms with Gasteiger partial charge in [0.05, 0.1) is 6.61 Å². The summed E-state index contributed by atoms with van der Waals surface area (Å²) in [6.45, 7) is 3.94. The summed E-state index contributed by atoms with van der Waals surface area (Å²) in [4.78, 5) is 0. The summed E-state index contributed by atoms with van der Waals surface area (Å²) in [5, 5.41) is 3.60. The summed E-state index contributed by atoms with van der Waals surface area (Å²) in [7, 11) is 0. The monoisotopic (exact) mass is 311 g/mol. The van der Waals surface area contributed by atoms with Gasteiger partial charge in [0.2, 0.25) is 0 Å². The largest absolute Gasteiger partial charge is 0.493 e. The second-order valence-electron chi connectivity index (χ2n) is 5.05. The molecule has 0 radical (unpaired) electrons. The van der Waals surface area contributed by atoms with E-state index in [1.54, 1.807) is 0 Å². The third-order valence-electron chi connectivity index (χ3n) is 3.52. The Balaban J connectivity index is 1.64. The van der Waals surface area contributed by atoms with E-state index in [0.29, 0.717) is 0 Å². The van der Waals surface area contributed by atoms with Crippen LogP contribution in [0.1, 0.15) is 37.7 Å². The molecule has 1 aliphatic carbocycles. The van der Waals surface area contributed by atoms with Crippen molar-refractivity contribution < 1.29 is 4.74 Å². The lowest BCUT2D eigenvalue weighted by Gasteiger charge is -2.13. The van der Waals surface area contributed by atoms with E-state index < -0.39 is 0 Å². The van der Waals surface area contributed by atoms with Crippen molar-refractivity contribution in [1.29, 1.82) is 0 Å². The number of aryl methyl sites for hydroxylation is 1. The number of ether oxygens (including phenoxy) is 1. The van der Waals surface area contributed by atoms with Gasteiger partial charge in [-0.3, -0.25) is 0 Å². The summed E-state index contributed by atoms with van der Waals surface area (Å²) in [5.41, 5.74) is 1.20. The molecule has 0 amide bonds. The van der Waals surface area contributed by atoms with E-state index in [-0.39, 0.29) is 0 Å². The highest BCUT2D eigenvalue weighted by atomic mass is 79.9. The lowest BCUT2D eigenvalue weighted by molar-refractivity contribution is 0.302. The number of rotatable bonds is 6. The van der Waals surface area contributed by atoms with E-state index in [1.165, 1.54) is 31.2 Å². The molecule has 2 rings (SSSR count). The van der Waals surface area contributed by atoms with E-state index in [1.807, 2.05) is 12.1 Å². The van der Waals surface area contributed by atoms with Gasteiger partial charge in [-0.05, 0) is 50.4 Å². The van der Waals surface area contributed by atoms with Crippen LogP contribution in [0.2, 0.25) is 0 Å². The van der Waals surface area contributed by atoms with Crippen LogP contribution in [0.4, 0.5) is 0 Å². The Labute approximate surface area is 118 Å². The van der Waals surface area contributed by atoms with Gasteiger partial charge in [-0.25, -0.2) is 0 Å². The molecule has 0 atom stereocenters. The Morgan fingerprint density at radius 2 is 2.11 bits per heavy atom. The van der Waals surface area contributed by atoms with Crippen molar-refractivity contribution in [1.82, 2.24) is 5.32 Å². The fraction of sp³-hybridized carbons (Fsp3) is 0.600. The molecule has 1 aliphatic rings. The number of benzene rings is 1. The Bertz CT molecular complexity index is 375. The van der Waals surface area contributed by atoms with Crippen molar-refractivity contribution in [3.8, 4) is 5.75 Å². The summed E-state index contributed by atoms with van der Waals surface area (Å²) in [6.07, 6.45) is 6.57. The van der Waals surface area contributed by atoms with Gasteiger partial charge in [0.1, 0.15) is 5.75 Å². The van der Waals surface area contributed by atoms with Crippen molar-refractivity contribution in [3.05, 3.63) is 28.2 Å². The van der Waals surface area contributed by atoms with Gasteiger partial charge >= 0.3 is 0 Å². The first-order valence-electron chi connectivity index (χ1n) is 6.88. The van der Waals surface area contributed by atoms with Crippen LogP contribution in [0.25, 0.3) is 0 Å². The SMILES string of the molecule is Cc1ccc(Br)cc1OCCCNC1CCCC1. The van der Waals surface area contributed by atoms with E-state index in [0.717, 1.165) is 35.8 Å². The van der Waals surface area contributed by atoms with Crippen LogP contribution in [0.3, 0.4) is 0 Å². The molecular formula is C15H22BrNO. The average Bonchev–Trinajstić information content (AvgIpc) is 2.86. The summed E-state index contributed by atoms with van der Waals surface area (Å²) < 4.78 is 6.89. The van der Waals surface area contributed by atoms with Gasteiger partial charge in [0, 0.05) is 10.5 Å². The predicted octanol–water partition coefficient (Wildman–Crippen LogP) is 4.06. The first-order chi connectivity index (χ1) is 8.75. The highest BCUT2D eigenvalue weighted by molar-refractivity contribution is 9.10. The quantitative estimate of drug-likeness (QED) is 0.800. The van der Waals surface area contributed by atoms with Gasteiger partial charge in [-0.2, -0.15) is 0 Å². The maximum Gasteiger partial charge on any atom is 0.123 e. The molecule has 2 nitrogen and oxygen atoms in total. The van der Waals surface area contributed by atoms with E-state index in [2.05, 4.69) is 34.2 Å². The maximum atomic E-state index is 5.81. The van der Waals surface area contributed by atoms with Crippen molar-refractivity contribution in [3.63, 3.8) is 0 Å². The summed E-state index contributed by atoms with van der Waals surface area (Å²) in [6, 6.07) is 6.93. The van der Waals surface area contributed by atoms with Gasteiger partial charge in [0.15, 0.2) is 0 Å². The van der Waals surface area contributed by atoms with Crippen molar-refractivity contribution in [2.75, 3.05) is 13.2 Å². The van der Waals surface area contributed by atoms with Gasteiger partial charge in [-0.15, -0.1) is 0 Å². The molecule has 0 heterocycles. The molecule has 1 N–H and O–H groups in total. The third kappa shape index (κ3) is 4.29. The minimum absolute atomic E-state index is 0.762. The molecule has 0 aliphatic heterocycles. The number of hydrogen-bond acceptors (Lipinski definition) is 2. The molecule has 3 heteroatoms. The van der Waals surface area contributed by atoms with Crippen LogP contribution in [-0.4, -0.2) is 19.2 Å². The first-order valence-corrected chi connectivity index (χ1v) is 7.67. The fourth-order valence-electron chi connectivity index (χ4n) is 2.42. The summed E-state index contributed by atoms with van der Waals surface area (Å²) >= 11 is 3.47. The number of halogens is 1. The topological polar surface area (TPSA) is 21.3 Å². The zero-order chi connectivity index (χ0) is 12.8. The zero-order valence-electron chi connectivity index (χ0n) is 11.0. The Kier molecular flexibility index (Phi) is 5.51. The predicted molar refractivity (Wildman–Crippen MR) is 79.2 cm³/mol. The molecule has 0 unspecified atom stereocenters. The fourth-order valence-corrected chi connectivity index (χ4v) is 2.76. The van der Waals surface area contributed by atoms with Crippen LogP contribution >= 0.6 is 15.9 Å². The average molecular weight is 312 g/mol. The van der Waals surface area contributed by atoms with Gasteiger partial charge in [0.25, 0.3) is 0 Å². The van der Waals surface area contributed by atoms with Crippen LogP contribution in [0.5, 0.6) is 5.75 Å². The first kappa shape index (κ1) is 13.9. The third-order valence-corrected chi connectivity index (χ3v) is 4.01. The standard InChI is InChI=1S/C15H22BrNO/c1-12-7-8-13(16)11-15(12)18-10-4-9-17-14-5-2-3-6-14/h7-8,11,14,17H,2-6,9-10H2,1H3. The summed E-state index contributed by atoms with van der Waals surface area (Å²) in [5.74, 6) is 0.991. The number of hydrogen-bond donors (Lipinski definition) is 1. The van der Waals surface area contributed by atoms with E-state index >= 15 is 0 Å². The van der Waals surface area contributed by atoms with Crippen LogP contribution in [0.15, 0.2) is 22.7 Å². The molecule has 0 saturated heterocycles. The smallest absolute Gasteiger partial charge is 0.123 e. The van der Waals surface area contributed by atoms with Gasteiger partial charge < -0.3 is 10.1 Å². The Hall–Kier alpha value is -0.540. The molecule has 0 bridgehead atoms. The minimum Gasteiger partial charge on any atom is -0.493 e. The Morgan fingerprint density at radius 1 is 1.33 bits per heavy atom. The Morgan fingerprint density at radius 3 is 2.89 bits per heavy atom. The molecule has 1 fully saturated rings. The molecule has 18 heavy (non-hydrogen) atoms. The van der Waals surface area contributed by atoms with Crippen LogP contribution in [-0.2, 0) is 0 Å².